The number of ether oxygens (including phenoxy) is 2. The monoisotopic (exact) mass is 304 g/mol. The first-order valence-corrected chi connectivity index (χ1v) is 6.86. The molecule has 109 valence electrons. The Balaban J connectivity index is 2.32. The third kappa shape index (κ3) is 3.52. The molecular weight excluding hydrogens is 290 g/mol. The van der Waals surface area contributed by atoms with E-state index in [0.29, 0.717) is 16.3 Å². The van der Waals surface area contributed by atoms with Crippen LogP contribution in [0.5, 0.6) is 11.6 Å². The summed E-state index contributed by atoms with van der Waals surface area (Å²) in [7, 11) is 1.49. The Morgan fingerprint density at radius 2 is 2.19 bits per heavy atom. The third-order valence-corrected chi connectivity index (χ3v) is 3.25. The predicted molar refractivity (Wildman–Crippen MR) is 80.2 cm³/mol. The number of esters is 1. The maximum Gasteiger partial charge on any atom is 0.343 e. The Labute approximate surface area is 128 Å². The number of carbonyl (C=O) groups excluding carboxylic acids is 1. The molecule has 0 saturated heterocycles. The molecule has 0 aliphatic rings. The summed E-state index contributed by atoms with van der Waals surface area (Å²) in [5.41, 5.74) is 2.20. The van der Waals surface area contributed by atoms with Gasteiger partial charge >= 0.3 is 5.97 Å². The smallest absolute Gasteiger partial charge is 0.343 e. The van der Waals surface area contributed by atoms with Crippen LogP contribution in [0.1, 0.15) is 28.5 Å². The molecule has 0 fully saturated rings. The van der Waals surface area contributed by atoms with Crippen molar-refractivity contribution in [1.82, 2.24) is 4.98 Å². The fraction of sp³-hybridized carbons (Fsp3) is 0.250. The molecule has 0 aliphatic heterocycles. The van der Waals surface area contributed by atoms with E-state index in [1.807, 2.05) is 13.8 Å². The fourth-order valence-corrected chi connectivity index (χ4v) is 2.08. The van der Waals surface area contributed by atoms with Gasteiger partial charge in [-0.05, 0) is 37.1 Å². The first-order chi connectivity index (χ1) is 10.0. The van der Waals surface area contributed by atoms with Crippen LogP contribution in [0.15, 0.2) is 24.3 Å². The Kier molecular flexibility index (Phi) is 4.81. The van der Waals surface area contributed by atoms with Gasteiger partial charge in [0.2, 0.25) is 0 Å². The highest BCUT2D eigenvalue weighted by atomic mass is 35.5. The second kappa shape index (κ2) is 6.59. The number of aryl methyl sites for hydroxylation is 2. The molecule has 1 heterocycles. The maximum atomic E-state index is 12.1. The summed E-state index contributed by atoms with van der Waals surface area (Å²) < 4.78 is 10.5. The number of rotatable bonds is 4. The minimum absolute atomic E-state index is 0.284. The topological polar surface area (TPSA) is 48.4 Å². The van der Waals surface area contributed by atoms with Gasteiger partial charge in [-0.3, -0.25) is 0 Å². The van der Waals surface area contributed by atoms with Gasteiger partial charge in [0, 0.05) is 16.8 Å². The Morgan fingerprint density at radius 3 is 2.81 bits per heavy atom. The third-order valence-electron chi connectivity index (χ3n) is 3.03. The van der Waals surface area contributed by atoms with Gasteiger partial charge in [-0.25, -0.2) is 9.78 Å². The molecule has 0 amide bonds. The minimum Gasteiger partial charge on any atom is -0.478 e. The van der Waals surface area contributed by atoms with Gasteiger partial charge < -0.3 is 9.47 Å². The Morgan fingerprint density at radius 1 is 1.43 bits per heavy atom. The molecule has 1 aromatic carbocycles. The van der Waals surface area contributed by atoms with E-state index in [1.165, 1.54) is 13.2 Å². The largest absolute Gasteiger partial charge is 0.478 e. The lowest BCUT2D eigenvalue weighted by atomic mass is 10.1. The number of aromatic nitrogens is 1. The molecule has 4 nitrogen and oxygen atoms in total. The van der Waals surface area contributed by atoms with Crippen molar-refractivity contribution < 1.29 is 14.3 Å². The summed E-state index contributed by atoms with van der Waals surface area (Å²) in [6, 6.07) is 9.19. The molecule has 0 unspecified atom stereocenters. The first-order valence-electron chi connectivity index (χ1n) is 6.49. The number of benzene rings is 1. The van der Waals surface area contributed by atoms with Gasteiger partial charge in [0.15, 0.2) is 5.75 Å². The van der Waals surface area contributed by atoms with Gasteiger partial charge in [0.1, 0.15) is 0 Å². The van der Waals surface area contributed by atoms with Crippen LogP contribution in [0.25, 0.3) is 0 Å². The van der Waals surface area contributed by atoms with E-state index in [4.69, 9.17) is 21.1 Å². The predicted octanol–water partition coefficient (Wildman–Crippen LogP) is 3.63. The molecule has 5 heteroatoms. The van der Waals surface area contributed by atoms with Crippen molar-refractivity contribution in [2.24, 2.45) is 0 Å². The molecule has 1 aromatic heterocycles. The molecule has 2 aromatic rings. The Hall–Kier alpha value is -2.07. The highest BCUT2D eigenvalue weighted by molar-refractivity contribution is 6.30. The number of pyridine rings is 1. The molecule has 0 aliphatic carbocycles. The van der Waals surface area contributed by atoms with Crippen LogP contribution in [0.3, 0.4) is 0 Å². The summed E-state index contributed by atoms with van der Waals surface area (Å²) in [4.78, 5) is 16.4. The zero-order valence-corrected chi connectivity index (χ0v) is 12.8. The zero-order valence-electron chi connectivity index (χ0n) is 12.1. The molecular formula is C16H15ClNO3. The van der Waals surface area contributed by atoms with E-state index in [1.54, 1.807) is 18.2 Å². The number of hydrogen-bond donors (Lipinski definition) is 0. The SMILES string of the molecule is CCc1cc(OC(=O)c2cc[c]c(Cl)c2)c(OC)nc1C. The quantitative estimate of drug-likeness (QED) is 0.809. The lowest BCUT2D eigenvalue weighted by molar-refractivity contribution is 0.0728. The van der Waals surface area contributed by atoms with Crippen molar-refractivity contribution in [2.75, 3.05) is 7.11 Å². The van der Waals surface area contributed by atoms with Crippen LogP contribution in [-0.4, -0.2) is 18.1 Å². The van der Waals surface area contributed by atoms with Crippen molar-refractivity contribution in [3.8, 4) is 11.6 Å². The number of nitrogens with zero attached hydrogens (tertiary/aromatic N) is 1. The van der Waals surface area contributed by atoms with Crippen LogP contribution in [0.4, 0.5) is 0 Å². The summed E-state index contributed by atoms with van der Waals surface area (Å²) in [5.74, 6) is 0.0671. The van der Waals surface area contributed by atoms with E-state index in [0.717, 1.165) is 17.7 Å². The minimum atomic E-state index is -0.517. The highest BCUT2D eigenvalue weighted by Gasteiger charge is 2.15. The van der Waals surface area contributed by atoms with Crippen molar-refractivity contribution in [3.05, 3.63) is 52.2 Å². The second-order valence-electron chi connectivity index (χ2n) is 4.41. The van der Waals surface area contributed by atoms with Crippen molar-refractivity contribution in [1.29, 1.82) is 0 Å². The molecule has 1 radical (unpaired) electrons. The standard InChI is InChI=1S/C16H15ClNO3/c1-4-11-9-14(15(20-3)18-10(11)2)21-16(19)12-6-5-7-13(17)8-12/h5-6,8-9H,4H2,1-3H3. The van der Waals surface area contributed by atoms with Gasteiger partial charge in [0.25, 0.3) is 5.88 Å². The maximum absolute atomic E-state index is 12.1. The summed E-state index contributed by atoms with van der Waals surface area (Å²) in [6.45, 7) is 3.90. The summed E-state index contributed by atoms with van der Waals surface area (Å²) >= 11 is 5.82. The Bertz CT molecular complexity index is 671. The van der Waals surface area contributed by atoms with Crippen LogP contribution < -0.4 is 9.47 Å². The van der Waals surface area contributed by atoms with Gasteiger partial charge in [-0.1, -0.05) is 24.6 Å². The highest BCUT2D eigenvalue weighted by Crippen LogP contribution is 2.28. The van der Waals surface area contributed by atoms with E-state index in [2.05, 4.69) is 11.1 Å². The van der Waals surface area contributed by atoms with Crippen LogP contribution in [-0.2, 0) is 6.42 Å². The van der Waals surface area contributed by atoms with Gasteiger partial charge in [-0.15, -0.1) is 0 Å². The number of hydrogen-bond acceptors (Lipinski definition) is 4. The van der Waals surface area contributed by atoms with Crippen LogP contribution in [0, 0.1) is 13.0 Å². The molecule has 0 saturated carbocycles. The van der Waals surface area contributed by atoms with E-state index in [9.17, 15) is 4.79 Å². The van der Waals surface area contributed by atoms with Gasteiger partial charge in [0.05, 0.1) is 12.7 Å². The van der Waals surface area contributed by atoms with E-state index in [-0.39, 0.29) is 5.88 Å². The van der Waals surface area contributed by atoms with Crippen molar-refractivity contribution in [2.45, 2.75) is 20.3 Å². The number of methoxy groups -OCH3 is 1. The van der Waals surface area contributed by atoms with Crippen LogP contribution >= 0.6 is 11.6 Å². The van der Waals surface area contributed by atoms with Crippen LogP contribution in [0.2, 0.25) is 5.02 Å². The average Bonchev–Trinajstić information content (AvgIpc) is 2.48. The molecule has 2 rings (SSSR count). The second-order valence-corrected chi connectivity index (χ2v) is 4.82. The number of halogens is 1. The van der Waals surface area contributed by atoms with E-state index < -0.39 is 5.97 Å². The molecule has 21 heavy (non-hydrogen) atoms. The average molecular weight is 305 g/mol. The lowest BCUT2D eigenvalue weighted by Crippen LogP contribution is -2.10. The van der Waals surface area contributed by atoms with Crippen molar-refractivity contribution >= 4 is 17.6 Å². The number of carbonyl (C=O) groups is 1. The first kappa shape index (κ1) is 15.3. The van der Waals surface area contributed by atoms with Crippen molar-refractivity contribution in [3.63, 3.8) is 0 Å². The van der Waals surface area contributed by atoms with E-state index >= 15 is 0 Å². The fourth-order valence-electron chi connectivity index (χ4n) is 1.90. The lowest BCUT2D eigenvalue weighted by Gasteiger charge is -2.11. The molecule has 0 atom stereocenters. The van der Waals surface area contributed by atoms with Gasteiger partial charge in [-0.2, -0.15) is 0 Å². The zero-order chi connectivity index (χ0) is 15.4. The summed E-state index contributed by atoms with van der Waals surface area (Å²) in [5, 5.41) is 0.354. The molecule has 0 N–H and O–H groups in total. The molecule has 0 bridgehead atoms. The molecule has 0 spiro atoms. The summed E-state index contributed by atoms with van der Waals surface area (Å²) in [6.07, 6.45) is 0.791. The normalized spacial score (nSPS) is 10.3.